The van der Waals surface area contributed by atoms with Crippen molar-refractivity contribution in [2.75, 3.05) is 14.2 Å². The summed E-state index contributed by atoms with van der Waals surface area (Å²) >= 11 is 6.06. The normalized spacial score (nSPS) is 10.4. The fourth-order valence-electron chi connectivity index (χ4n) is 2.04. The maximum atomic E-state index is 9.78. The number of hydrogen-bond acceptors (Lipinski definition) is 4. The van der Waals surface area contributed by atoms with Crippen molar-refractivity contribution in [1.82, 2.24) is 5.32 Å². The second-order valence-corrected chi connectivity index (χ2v) is 4.94. The van der Waals surface area contributed by atoms with Gasteiger partial charge in [0.15, 0.2) is 11.5 Å². The van der Waals surface area contributed by atoms with Crippen LogP contribution in [0.3, 0.4) is 0 Å². The lowest BCUT2D eigenvalue weighted by Gasteiger charge is -2.11. The first-order valence-electron chi connectivity index (χ1n) is 6.53. The highest BCUT2D eigenvalue weighted by Gasteiger charge is 2.07. The molecule has 2 aromatic rings. The topological polar surface area (TPSA) is 50.7 Å². The van der Waals surface area contributed by atoms with Gasteiger partial charge in [0.05, 0.1) is 14.2 Å². The molecule has 0 saturated carbocycles. The summed E-state index contributed by atoms with van der Waals surface area (Å²) in [6, 6.07) is 10.8. The van der Waals surface area contributed by atoms with E-state index in [1.165, 1.54) is 0 Å². The van der Waals surface area contributed by atoms with Crippen LogP contribution in [0.25, 0.3) is 0 Å². The number of phenolic OH excluding ortho intramolecular Hbond substituents is 1. The van der Waals surface area contributed by atoms with Gasteiger partial charge in [0.2, 0.25) is 0 Å². The fraction of sp³-hybridized carbons (Fsp3) is 0.250. The molecule has 2 N–H and O–H groups in total. The zero-order valence-corrected chi connectivity index (χ0v) is 12.8. The quantitative estimate of drug-likeness (QED) is 0.859. The first-order valence-corrected chi connectivity index (χ1v) is 6.91. The minimum Gasteiger partial charge on any atom is -0.508 e. The number of hydrogen-bond donors (Lipinski definition) is 2. The molecule has 0 radical (unpaired) electrons. The summed E-state index contributed by atoms with van der Waals surface area (Å²) in [7, 11) is 3.22. The van der Waals surface area contributed by atoms with Crippen molar-refractivity contribution in [3.8, 4) is 17.2 Å². The number of rotatable bonds is 6. The van der Waals surface area contributed by atoms with Gasteiger partial charge in [-0.25, -0.2) is 0 Å². The van der Waals surface area contributed by atoms with E-state index >= 15 is 0 Å². The van der Waals surface area contributed by atoms with E-state index in [0.717, 1.165) is 5.56 Å². The van der Waals surface area contributed by atoms with Crippen molar-refractivity contribution in [3.05, 3.63) is 52.5 Å². The van der Waals surface area contributed by atoms with Gasteiger partial charge in [-0.3, -0.25) is 0 Å². The summed E-state index contributed by atoms with van der Waals surface area (Å²) < 4.78 is 10.5. The highest BCUT2D eigenvalue weighted by atomic mass is 35.5. The van der Waals surface area contributed by atoms with Crippen LogP contribution in [0.1, 0.15) is 11.1 Å². The van der Waals surface area contributed by atoms with E-state index in [1.54, 1.807) is 32.4 Å². The largest absolute Gasteiger partial charge is 0.508 e. The Morgan fingerprint density at radius 1 is 1.05 bits per heavy atom. The summed E-state index contributed by atoms with van der Waals surface area (Å²) in [4.78, 5) is 0. The van der Waals surface area contributed by atoms with E-state index in [4.69, 9.17) is 21.1 Å². The number of benzene rings is 2. The van der Waals surface area contributed by atoms with Crippen molar-refractivity contribution in [1.29, 1.82) is 0 Å². The molecule has 0 aromatic heterocycles. The lowest BCUT2D eigenvalue weighted by atomic mass is 10.1. The predicted octanol–water partition coefficient (Wildman–Crippen LogP) is 3.35. The summed E-state index contributed by atoms with van der Waals surface area (Å²) in [5.41, 5.74) is 1.75. The molecule has 0 spiro atoms. The molecule has 0 bridgehead atoms. The molecular formula is C16H18ClNO3. The van der Waals surface area contributed by atoms with Gasteiger partial charge in [0.1, 0.15) is 5.75 Å². The van der Waals surface area contributed by atoms with Crippen molar-refractivity contribution >= 4 is 11.6 Å². The average Bonchev–Trinajstić information content (AvgIpc) is 2.50. The van der Waals surface area contributed by atoms with Crippen molar-refractivity contribution in [2.45, 2.75) is 13.1 Å². The predicted molar refractivity (Wildman–Crippen MR) is 83.2 cm³/mol. The Labute approximate surface area is 129 Å². The van der Waals surface area contributed by atoms with Gasteiger partial charge in [-0.05, 0) is 29.8 Å². The molecule has 0 unspecified atom stereocenters. The van der Waals surface area contributed by atoms with E-state index in [-0.39, 0.29) is 5.75 Å². The molecule has 0 atom stereocenters. The number of methoxy groups -OCH3 is 2. The molecule has 0 aliphatic heterocycles. The van der Waals surface area contributed by atoms with Crippen LogP contribution in [0.2, 0.25) is 5.02 Å². The first kappa shape index (κ1) is 15.5. The summed E-state index contributed by atoms with van der Waals surface area (Å²) in [6.07, 6.45) is 0. The second kappa shape index (κ2) is 7.20. The third-order valence-electron chi connectivity index (χ3n) is 3.17. The highest BCUT2D eigenvalue weighted by Crippen LogP contribution is 2.28. The van der Waals surface area contributed by atoms with Crippen molar-refractivity contribution < 1.29 is 14.6 Å². The van der Waals surface area contributed by atoms with Crippen LogP contribution in [0, 0.1) is 0 Å². The molecule has 5 heteroatoms. The molecule has 112 valence electrons. The van der Waals surface area contributed by atoms with Crippen molar-refractivity contribution in [3.63, 3.8) is 0 Å². The van der Waals surface area contributed by atoms with Crippen molar-refractivity contribution in [2.24, 2.45) is 0 Å². The van der Waals surface area contributed by atoms with E-state index in [1.807, 2.05) is 18.2 Å². The fourth-order valence-corrected chi connectivity index (χ4v) is 2.28. The minimum atomic E-state index is 0.197. The molecule has 0 heterocycles. The van der Waals surface area contributed by atoms with Gasteiger partial charge in [0.25, 0.3) is 0 Å². The second-order valence-electron chi connectivity index (χ2n) is 4.53. The van der Waals surface area contributed by atoms with Crippen LogP contribution in [-0.2, 0) is 13.1 Å². The van der Waals surface area contributed by atoms with Gasteiger partial charge in [-0.2, -0.15) is 0 Å². The van der Waals surface area contributed by atoms with Crippen LogP contribution < -0.4 is 14.8 Å². The highest BCUT2D eigenvalue weighted by molar-refractivity contribution is 6.31. The van der Waals surface area contributed by atoms with Gasteiger partial charge in [0, 0.05) is 23.7 Å². The van der Waals surface area contributed by atoms with Gasteiger partial charge >= 0.3 is 0 Å². The van der Waals surface area contributed by atoms with Crippen LogP contribution in [0.5, 0.6) is 17.2 Å². The summed E-state index contributed by atoms with van der Waals surface area (Å²) in [5.74, 6) is 1.59. The van der Waals surface area contributed by atoms with Crippen LogP contribution in [-0.4, -0.2) is 19.3 Å². The lowest BCUT2D eigenvalue weighted by molar-refractivity contribution is 0.354. The minimum absolute atomic E-state index is 0.197. The van der Waals surface area contributed by atoms with E-state index < -0.39 is 0 Å². The number of ether oxygens (including phenoxy) is 2. The Balaban J connectivity index is 2.00. The zero-order chi connectivity index (χ0) is 15.2. The average molecular weight is 308 g/mol. The molecule has 2 rings (SSSR count). The first-order chi connectivity index (χ1) is 10.2. The Hall–Kier alpha value is -1.91. The molecule has 0 aliphatic rings. The Bertz CT molecular complexity index is 596. The van der Waals surface area contributed by atoms with Gasteiger partial charge < -0.3 is 19.9 Å². The maximum absolute atomic E-state index is 9.78. The number of phenols is 1. The Morgan fingerprint density at radius 2 is 1.81 bits per heavy atom. The Kier molecular flexibility index (Phi) is 5.31. The van der Waals surface area contributed by atoms with Crippen LogP contribution in [0.4, 0.5) is 0 Å². The summed E-state index contributed by atoms with van der Waals surface area (Å²) in [6.45, 7) is 1.12. The molecule has 4 nitrogen and oxygen atoms in total. The molecule has 21 heavy (non-hydrogen) atoms. The third-order valence-corrected chi connectivity index (χ3v) is 3.53. The van der Waals surface area contributed by atoms with Crippen LogP contribution in [0.15, 0.2) is 36.4 Å². The molecule has 2 aromatic carbocycles. The Morgan fingerprint density at radius 3 is 2.48 bits per heavy atom. The number of halogens is 1. The molecule has 0 saturated heterocycles. The zero-order valence-electron chi connectivity index (χ0n) is 12.0. The van der Waals surface area contributed by atoms with E-state index in [0.29, 0.717) is 35.2 Å². The standard InChI is InChI=1S/C16H18ClNO3/c1-20-15-7-6-11(8-16(15)21-2)9-18-10-12-13(17)4-3-5-14(12)19/h3-8,18-19H,9-10H2,1-2H3. The molecule has 0 amide bonds. The lowest BCUT2D eigenvalue weighted by Crippen LogP contribution is -2.13. The van der Waals surface area contributed by atoms with Gasteiger partial charge in [-0.1, -0.05) is 23.7 Å². The third kappa shape index (κ3) is 3.80. The van der Waals surface area contributed by atoms with Crippen LogP contribution >= 0.6 is 11.6 Å². The molecular weight excluding hydrogens is 290 g/mol. The SMILES string of the molecule is COc1ccc(CNCc2c(O)cccc2Cl)cc1OC. The molecule has 0 aliphatic carbocycles. The van der Waals surface area contributed by atoms with E-state index in [9.17, 15) is 5.11 Å². The maximum Gasteiger partial charge on any atom is 0.161 e. The van der Waals surface area contributed by atoms with E-state index in [2.05, 4.69) is 5.32 Å². The van der Waals surface area contributed by atoms with Gasteiger partial charge in [-0.15, -0.1) is 0 Å². The number of nitrogens with one attached hydrogen (secondary N) is 1. The monoisotopic (exact) mass is 307 g/mol. The smallest absolute Gasteiger partial charge is 0.161 e. The molecule has 0 fully saturated rings. The summed E-state index contributed by atoms with van der Waals surface area (Å²) in [5, 5.41) is 13.6. The number of aromatic hydroxyl groups is 1.